The van der Waals surface area contributed by atoms with Gasteiger partial charge < -0.3 is 10.1 Å². The van der Waals surface area contributed by atoms with Gasteiger partial charge in [0.25, 0.3) is 5.91 Å². The van der Waals surface area contributed by atoms with E-state index in [0.29, 0.717) is 21.5 Å². The van der Waals surface area contributed by atoms with Gasteiger partial charge in [-0.25, -0.2) is 4.79 Å². The van der Waals surface area contributed by atoms with Crippen LogP contribution in [0.2, 0.25) is 0 Å². The van der Waals surface area contributed by atoms with E-state index in [0.717, 1.165) is 25.7 Å². The van der Waals surface area contributed by atoms with Gasteiger partial charge in [0, 0.05) is 18.0 Å². The molecule has 2 amide bonds. The summed E-state index contributed by atoms with van der Waals surface area (Å²) in [5.74, 6) is -0.533. The molecule has 1 N–H and O–H groups in total. The van der Waals surface area contributed by atoms with Crippen molar-refractivity contribution in [1.82, 2.24) is 10.2 Å². The SMILES string of the molecule is O=C(COC(=O)c1cc2c(s1)CCCC2)NCCN1C(=O)CSC1=S. The Bertz CT molecular complexity index is 677. The zero-order valence-electron chi connectivity index (χ0n) is 13.5. The number of hydrogen-bond donors (Lipinski definition) is 1. The van der Waals surface area contributed by atoms with E-state index in [4.69, 9.17) is 17.0 Å². The van der Waals surface area contributed by atoms with Gasteiger partial charge in [-0.05, 0) is 37.3 Å². The lowest BCUT2D eigenvalue weighted by Crippen LogP contribution is -2.38. The molecule has 0 atom stereocenters. The lowest BCUT2D eigenvalue weighted by atomic mass is 9.99. The maximum absolute atomic E-state index is 12.1. The number of rotatable bonds is 6. The first-order chi connectivity index (χ1) is 12.0. The summed E-state index contributed by atoms with van der Waals surface area (Å²) in [6.07, 6.45) is 4.34. The number of nitrogens with zero attached hydrogens (tertiary/aromatic N) is 1. The maximum Gasteiger partial charge on any atom is 0.348 e. The van der Waals surface area contributed by atoms with Crippen molar-refractivity contribution in [2.75, 3.05) is 25.4 Å². The molecule has 0 bridgehead atoms. The Morgan fingerprint density at radius 2 is 2.12 bits per heavy atom. The molecule has 0 unspecified atom stereocenters. The molecular formula is C16H18N2O4S3. The molecule has 25 heavy (non-hydrogen) atoms. The molecule has 0 saturated carbocycles. The van der Waals surface area contributed by atoms with Crippen LogP contribution in [-0.4, -0.2) is 52.5 Å². The van der Waals surface area contributed by atoms with Crippen molar-refractivity contribution in [3.8, 4) is 0 Å². The van der Waals surface area contributed by atoms with E-state index in [9.17, 15) is 14.4 Å². The molecule has 1 aromatic rings. The molecule has 1 aromatic heterocycles. The van der Waals surface area contributed by atoms with Crippen molar-refractivity contribution in [2.45, 2.75) is 25.7 Å². The third-order valence-electron chi connectivity index (χ3n) is 4.03. The summed E-state index contributed by atoms with van der Waals surface area (Å²) in [5, 5.41) is 2.63. The predicted octanol–water partition coefficient (Wildman–Crippen LogP) is 1.76. The topological polar surface area (TPSA) is 75.7 Å². The van der Waals surface area contributed by atoms with Gasteiger partial charge >= 0.3 is 5.97 Å². The number of esters is 1. The van der Waals surface area contributed by atoms with Crippen LogP contribution in [0.1, 0.15) is 33.0 Å². The van der Waals surface area contributed by atoms with Crippen LogP contribution in [0.25, 0.3) is 0 Å². The molecule has 6 nitrogen and oxygen atoms in total. The van der Waals surface area contributed by atoms with E-state index in [1.54, 1.807) is 0 Å². The van der Waals surface area contributed by atoms with Crippen LogP contribution in [0.5, 0.6) is 0 Å². The van der Waals surface area contributed by atoms with Gasteiger partial charge in [-0.2, -0.15) is 0 Å². The number of aryl methyl sites for hydroxylation is 2. The average Bonchev–Trinajstić information content (AvgIpc) is 3.17. The highest BCUT2D eigenvalue weighted by Crippen LogP contribution is 2.30. The van der Waals surface area contributed by atoms with Crippen LogP contribution in [0.15, 0.2) is 6.07 Å². The molecule has 2 heterocycles. The summed E-state index contributed by atoms with van der Waals surface area (Å²) >= 11 is 7.85. The fraction of sp³-hybridized carbons (Fsp3) is 0.500. The van der Waals surface area contributed by atoms with Crippen LogP contribution in [-0.2, 0) is 27.2 Å². The quantitative estimate of drug-likeness (QED) is 0.581. The van der Waals surface area contributed by atoms with Crippen molar-refractivity contribution in [1.29, 1.82) is 0 Å². The van der Waals surface area contributed by atoms with E-state index in [1.165, 1.54) is 38.4 Å². The van der Waals surface area contributed by atoms with E-state index >= 15 is 0 Å². The molecule has 0 aromatic carbocycles. The molecule has 1 aliphatic carbocycles. The van der Waals surface area contributed by atoms with Crippen molar-refractivity contribution >= 4 is 57.4 Å². The van der Waals surface area contributed by atoms with Gasteiger partial charge in [0.2, 0.25) is 5.91 Å². The van der Waals surface area contributed by atoms with Gasteiger partial charge in [0.1, 0.15) is 9.20 Å². The molecule has 134 valence electrons. The first-order valence-electron chi connectivity index (χ1n) is 8.07. The molecular weight excluding hydrogens is 380 g/mol. The first kappa shape index (κ1) is 18.3. The Kier molecular flexibility index (Phi) is 6.08. The minimum atomic E-state index is -0.457. The molecule has 0 radical (unpaired) electrons. The molecule has 1 fully saturated rings. The zero-order valence-corrected chi connectivity index (χ0v) is 16.0. The zero-order chi connectivity index (χ0) is 17.8. The van der Waals surface area contributed by atoms with Gasteiger partial charge in [-0.3, -0.25) is 14.5 Å². The summed E-state index contributed by atoms with van der Waals surface area (Å²) in [6, 6.07) is 1.89. The number of nitrogens with one attached hydrogen (secondary N) is 1. The number of thiocarbonyl (C=S) groups is 1. The summed E-state index contributed by atoms with van der Waals surface area (Å²) in [6.45, 7) is 0.284. The van der Waals surface area contributed by atoms with E-state index in [2.05, 4.69) is 5.32 Å². The lowest BCUT2D eigenvalue weighted by Gasteiger charge is -2.14. The average molecular weight is 399 g/mol. The molecule has 0 spiro atoms. The largest absolute Gasteiger partial charge is 0.451 e. The standard InChI is InChI=1S/C16H18N2O4S3/c19-13(17-5-6-18-14(20)9-24-16(18)23)8-22-15(21)12-7-10-3-1-2-4-11(10)25-12/h7H,1-6,8-9H2,(H,17,19). The second-order valence-corrected chi connectivity index (χ2v) is 8.54. The second-order valence-electron chi connectivity index (χ2n) is 5.79. The summed E-state index contributed by atoms with van der Waals surface area (Å²) in [5.41, 5.74) is 1.23. The Labute approximate surface area is 159 Å². The summed E-state index contributed by atoms with van der Waals surface area (Å²) in [7, 11) is 0. The van der Waals surface area contributed by atoms with Crippen molar-refractivity contribution in [2.24, 2.45) is 0 Å². The number of amides is 2. The number of thiophene rings is 1. The summed E-state index contributed by atoms with van der Waals surface area (Å²) < 4.78 is 5.62. The highest BCUT2D eigenvalue weighted by molar-refractivity contribution is 8.23. The van der Waals surface area contributed by atoms with Crippen LogP contribution in [0, 0.1) is 0 Å². The second kappa shape index (κ2) is 8.29. The van der Waals surface area contributed by atoms with Gasteiger partial charge in [-0.1, -0.05) is 24.0 Å². The molecule has 9 heteroatoms. The summed E-state index contributed by atoms with van der Waals surface area (Å²) in [4.78, 5) is 38.7. The monoisotopic (exact) mass is 398 g/mol. The molecule has 1 aliphatic heterocycles. The van der Waals surface area contributed by atoms with Gasteiger partial charge in [-0.15, -0.1) is 11.3 Å². The van der Waals surface area contributed by atoms with Crippen LogP contribution in [0.3, 0.4) is 0 Å². The highest BCUT2D eigenvalue weighted by atomic mass is 32.2. The smallest absolute Gasteiger partial charge is 0.348 e. The van der Waals surface area contributed by atoms with E-state index in [-0.39, 0.29) is 25.0 Å². The number of carbonyl (C=O) groups is 3. The van der Waals surface area contributed by atoms with E-state index in [1.807, 2.05) is 6.07 Å². The Morgan fingerprint density at radius 1 is 1.32 bits per heavy atom. The Morgan fingerprint density at radius 3 is 2.84 bits per heavy atom. The van der Waals surface area contributed by atoms with Crippen molar-refractivity contribution < 1.29 is 19.1 Å². The van der Waals surface area contributed by atoms with Gasteiger partial charge in [0.15, 0.2) is 6.61 Å². The van der Waals surface area contributed by atoms with Crippen LogP contribution < -0.4 is 5.32 Å². The Balaban J connectivity index is 1.40. The van der Waals surface area contributed by atoms with Crippen LogP contribution in [0.4, 0.5) is 0 Å². The third kappa shape index (κ3) is 4.59. The minimum Gasteiger partial charge on any atom is -0.451 e. The Hall–Kier alpha value is -1.45. The molecule has 2 aliphatic rings. The van der Waals surface area contributed by atoms with Crippen LogP contribution >= 0.6 is 35.3 Å². The fourth-order valence-corrected chi connectivity index (χ4v) is 5.02. The fourth-order valence-electron chi connectivity index (χ4n) is 2.75. The number of ether oxygens (including phenoxy) is 1. The molecule has 1 saturated heterocycles. The highest BCUT2D eigenvalue weighted by Gasteiger charge is 2.26. The number of hydrogen-bond acceptors (Lipinski definition) is 7. The van der Waals surface area contributed by atoms with Crippen molar-refractivity contribution in [3.05, 3.63) is 21.4 Å². The number of carbonyl (C=O) groups excluding carboxylic acids is 3. The van der Waals surface area contributed by atoms with Crippen molar-refractivity contribution in [3.63, 3.8) is 0 Å². The number of fused-ring (bicyclic) bond motifs is 1. The first-order valence-corrected chi connectivity index (χ1v) is 10.3. The predicted molar refractivity (Wildman–Crippen MR) is 101 cm³/mol. The third-order valence-corrected chi connectivity index (χ3v) is 6.68. The number of thioether (sulfide) groups is 1. The lowest BCUT2D eigenvalue weighted by molar-refractivity contribution is -0.126. The van der Waals surface area contributed by atoms with Gasteiger partial charge in [0.05, 0.1) is 5.75 Å². The molecule has 3 rings (SSSR count). The normalized spacial score (nSPS) is 16.7. The maximum atomic E-state index is 12.1. The minimum absolute atomic E-state index is 0.0441. The van der Waals surface area contributed by atoms with E-state index < -0.39 is 5.97 Å².